The van der Waals surface area contributed by atoms with Gasteiger partial charge in [0.2, 0.25) is 0 Å². The van der Waals surface area contributed by atoms with Crippen LogP contribution < -0.4 is 5.43 Å². The highest BCUT2D eigenvalue weighted by atomic mass is 16.3. The number of carbonyl (C=O) groups is 3. The molecule has 6 nitrogen and oxygen atoms in total. The minimum Gasteiger partial charge on any atom is -0.386 e. The molecular formula is C13H14N2O4. The molecule has 6 heteroatoms. The van der Waals surface area contributed by atoms with Crippen LogP contribution in [-0.2, 0) is 14.4 Å². The summed E-state index contributed by atoms with van der Waals surface area (Å²) in [7, 11) is 0. The molecule has 0 spiro atoms. The van der Waals surface area contributed by atoms with Crippen LogP contribution in [0.2, 0.25) is 0 Å². The average Bonchev–Trinajstić information content (AvgIpc) is 2.45. The van der Waals surface area contributed by atoms with Gasteiger partial charge in [0, 0.05) is 6.08 Å². The quantitative estimate of drug-likeness (QED) is 0.435. The highest BCUT2D eigenvalue weighted by Gasteiger charge is 2.12. The molecule has 0 radical (unpaired) electrons. The molecule has 0 aliphatic rings. The Morgan fingerprint density at radius 1 is 1.26 bits per heavy atom. The van der Waals surface area contributed by atoms with Crippen molar-refractivity contribution in [1.82, 2.24) is 10.4 Å². The zero-order valence-electron chi connectivity index (χ0n) is 10.2. The van der Waals surface area contributed by atoms with Crippen molar-refractivity contribution in [2.75, 3.05) is 13.2 Å². The minimum absolute atomic E-state index is 0.288. The number of aliphatic hydroxyl groups is 1. The van der Waals surface area contributed by atoms with E-state index >= 15 is 0 Å². The largest absolute Gasteiger partial charge is 0.386 e. The number of aliphatic hydroxyl groups excluding tert-OH is 1. The fourth-order valence-corrected chi connectivity index (χ4v) is 1.27. The number of hydrogen-bond acceptors (Lipinski definition) is 4. The number of carbonyl (C=O) groups excluding carboxylic acids is 3. The monoisotopic (exact) mass is 262 g/mol. The van der Waals surface area contributed by atoms with Gasteiger partial charge in [-0.05, 0) is 11.6 Å². The molecule has 100 valence electrons. The smallest absolute Gasteiger partial charge is 0.265 e. The van der Waals surface area contributed by atoms with E-state index in [0.29, 0.717) is 6.29 Å². The van der Waals surface area contributed by atoms with Crippen molar-refractivity contribution in [1.29, 1.82) is 0 Å². The number of amides is 2. The second-order valence-corrected chi connectivity index (χ2v) is 3.55. The summed E-state index contributed by atoms with van der Waals surface area (Å²) in [5.41, 5.74) is 2.93. The Morgan fingerprint density at radius 2 is 1.95 bits per heavy atom. The molecule has 19 heavy (non-hydrogen) atoms. The molecule has 2 N–H and O–H groups in total. The van der Waals surface area contributed by atoms with E-state index in [-0.39, 0.29) is 6.54 Å². The molecule has 0 atom stereocenters. The SMILES string of the molecule is O=CCN(NC(=O)CO)C(=O)/C=C/c1ccccc1. The predicted molar refractivity (Wildman–Crippen MR) is 68.5 cm³/mol. The summed E-state index contributed by atoms with van der Waals surface area (Å²) in [4.78, 5) is 33.2. The summed E-state index contributed by atoms with van der Waals surface area (Å²) >= 11 is 0. The average molecular weight is 262 g/mol. The van der Waals surface area contributed by atoms with Crippen molar-refractivity contribution in [3.63, 3.8) is 0 Å². The number of rotatable bonds is 5. The molecule has 1 aromatic rings. The van der Waals surface area contributed by atoms with Gasteiger partial charge in [0.25, 0.3) is 11.8 Å². The zero-order chi connectivity index (χ0) is 14.1. The van der Waals surface area contributed by atoms with E-state index in [1.807, 2.05) is 18.2 Å². The van der Waals surface area contributed by atoms with E-state index in [2.05, 4.69) is 5.43 Å². The Labute approximate surface area is 110 Å². The Kier molecular flexibility index (Phi) is 5.97. The predicted octanol–water partition coefficient (Wildman–Crippen LogP) is -0.249. The molecule has 1 aromatic carbocycles. The summed E-state index contributed by atoms with van der Waals surface area (Å²) in [5.74, 6) is -1.32. The third-order valence-corrected chi connectivity index (χ3v) is 2.14. The van der Waals surface area contributed by atoms with Gasteiger partial charge in [-0.15, -0.1) is 0 Å². The summed E-state index contributed by atoms with van der Waals surface area (Å²) in [6, 6.07) is 9.10. The topological polar surface area (TPSA) is 86.7 Å². The number of hydrazine groups is 1. The zero-order valence-corrected chi connectivity index (χ0v) is 10.2. The third-order valence-electron chi connectivity index (χ3n) is 2.14. The molecule has 0 fully saturated rings. The van der Waals surface area contributed by atoms with Crippen molar-refractivity contribution < 1.29 is 19.5 Å². The van der Waals surface area contributed by atoms with Gasteiger partial charge in [-0.25, -0.2) is 5.01 Å². The fourth-order valence-electron chi connectivity index (χ4n) is 1.27. The Morgan fingerprint density at radius 3 is 2.53 bits per heavy atom. The number of hydrogen-bond donors (Lipinski definition) is 2. The van der Waals surface area contributed by atoms with Crippen molar-refractivity contribution in [3.05, 3.63) is 42.0 Å². The van der Waals surface area contributed by atoms with Gasteiger partial charge in [0.15, 0.2) is 0 Å². The van der Waals surface area contributed by atoms with Crippen molar-refractivity contribution in [2.24, 2.45) is 0 Å². The van der Waals surface area contributed by atoms with E-state index in [9.17, 15) is 14.4 Å². The van der Waals surface area contributed by atoms with Gasteiger partial charge < -0.3 is 9.90 Å². The summed E-state index contributed by atoms with van der Waals surface area (Å²) in [5, 5.41) is 9.41. The fraction of sp³-hybridized carbons (Fsp3) is 0.154. The highest BCUT2D eigenvalue weighted by Crippen LogP contribution is 2.01. The third kappa shape index (κ3) is 5.13. The minimum atomic E-state index is -0.761. The van der Waals surface area contributed by atoms with Crippen LogP contribution in [0.3, 0.4) is 0 Å². The standard InChI is InChI=1S/C13H14N2O4/c16-9-8-15(14-12(18)10-17)13(19)7-6-11-4-2-1-3-5-11/h1-7,9,17H,8,10H2,(H,14,18)/b7-6+. The Balaban J connectivity index is 2.69. The summed E-state index contributed by atoms with van der Waals surface area (Å²) < 4.78 is 0. The molecule has 0 bridgehead atoms. The molecule has 0 aliphatic carbocycles. The van der Waals surface area contributed by atoms with Crippen LogP contribution in [0.25, 0.3) is 6.08 Å². The molecule has 0 unspecified atom stereocenters. The first kappa shape index (κ1) is 14.6. The Bertz CT molecular complexity index is 471. The number of nitrogens with zero attached hydrogens (tertiary/aromatic N) is 1. The van der Waals surface area contributed by atoms with Crippen LogP contribution in [0.1, 0.15) is 5.56 Å². The first-order valence-corrected chi connectivity index (χ1v) is 5.56. The maximum atomic E-state index is 11.7. The first-order chi connectivity index (χ1) is 9.17. The van der Waals surface area contributed by atoms with E-state index < -0.39 is 18.4 Å². The van der Waals surface area contributed by atoms with Crippen molar-refractivity contribution >= 4 is 24.2 Å². The van der Waals surface area contributed by atoms with Crippen molar-refractivity contribution in [3.8, 4) is 0 Å². The second kappa shape index (κ2) is 7.78. The van der Waals surface area contributed by atoms with Crippen LogP contribution in [0.4, 0.5) is 0 Å². The molecule has 0 aromatic heterocycles. The Hall–Kier alpha value is -2.47. The molecular weight excluding hydrogens is 248 g/mol. The van der Waals surface area contributed by atoms with Crippen LogP contribution in [0, 0.1) is 0 Å². The van der Waals surface area contributed by atoms with Gasteiger partial charge in [-0.3, -0.25) is 15.0 Å². The number of benzene rings is 1. The molecule has 0 heterocycles. The lowest BCUT2D eigenvalue weighted by Crippen LogP contribution is -2.47. The molecule has 0 aliphatic heterocycles. The van der Waals surface area contributed by atoms with Gasteiger partial charge in [0.1, 0.15) is 12.9 Å². The molecule has 1 rings (SSSR count). The summed E-state index contributed by atoms with van der Waals surface area (Å²) in [6.45, 7) is -1.05. The normalized spacial score (nSPS) is 10.2. The van der Waals surface area contributed by atoms with Gasteiger partial charge in [0.05, 0.1) is 6.54 Å². The van der Waals surface area contributed by atoms with E-state index in [1.54, 1.807) is 18.2 Å². The van der Waals surface area contributed by atoms with Gasteiger partial charge in [-0.2, -0.15) is 0 Å². The second-order valence-electron chi connectivity index (χ2n) is 3.55. The maximum absolute atomic E-state index is 11.7. The van der Waals surface area contributed by atoms with Crippen LogP contribution >= 0.6 is 0 Å². The highest BCUT2D eigenvalue weighted by molar-refractivity contribution is 5.94. The lowest BCUT2D eigenvalue weighted by atomic mass is 10.2. The van der Waals surface area contributed by atoms with E-state index in [0.717, 1.165) is 10.6 Å². The molecule has 2 amide bonds. The molecule has 0 saturated carbocycles. The van der Waals surface area contributed by atoms with Crippen LogP contribution in [0.15, 0.2) is 36.4 Å². The number of aldehydes is 1. The van der Waals surface area contributed by atoms with Crippen LogP contribution in [0.5, 0.6) is 0 Å². The summed E-state index contributed by atoms with van der Waals surface area (Å²) in [6.07, 6.45) is 3.27. The first-order valence-electron chi connectivity index (χ1n) is 5.56. The lowest BCUT2D eigenvalue weighted by molar-refractivity contribution is -0.140. The van der Waals surface area contributed by atoms with Gasteiger partial charge in [-0.1, -0.05) is 30.3 Å². The number of nitrogens with one attached hydrogen (secondary N) is 1. The van der Waals surface area contributed by atoms with Gasteiger partial charge >= 0.3 is 0 Å². The van der Waals surface area contributed by atoms with E-state index in [1.165, 1.54) is 6.08 Å². The van der Waals surface area contributed by atoms with Crippen molar-refractivity contribution in [2.45, 2.75) is 0 Å². The molecule has 0 saturated heterocycles. The maximum Gasteiger partial charge on any atom is 0.265 e. The lowest BCUT2D eigenvalue weighted by Gasteiger charge is -2.18. The van der Waals surface area contributed by atoms with E-state index in [4.69, 9.17) is 5.11 Å². The van der Waals surface area contributed by atoms with Crippen LogP contribution in [-0.4, -0.2) is 41.4 Å².